The molecule has 1 amide bonds. The third-order valence-electron chi connectivity index (χ3n) is 3.74. The largest absolute Gasteiger partial charge is 0.356 e. The second-order valence-corrected chi connectivity index (χ2v) is 6.24. The third-order valence-corrected chi connectivity index (χ3v) is 3.74. The Kier molecular flexibility index (Phi) is 5.44. The summed E-state index contributed by atoms with van der Waals surface area (Å²) in [6.45, 7) is 7.33. The van der Waals surface area contributed by atoms with Crippen molar-refractivity contribution in [3.63, 3.8) is 0 Å². The quantitative estimate of drug-likeness (QED) is 0.718. The van der Waals surface area contributed by atoms with Gasteiger partial charge in [-0.1, -0.05) is 20.3 Å². The molecule has 3 N–H and O–H groups in total. The van der Waals surface area contributed by atoms with Crippen LogP contribution in [0.15, 0.2) is 0 Å². The van der Waals surface area contributed by atoms with E-state index in [4.69, 9.17) is 5.73 Å². The van der Waals surface area contributed by atoms with Gasteiger partial charge < -0.3 is 11.1 Å². The Labute approximate surface area is 106 Å². The van der Waals surface area contributed by atoms with Gasteiger partial charge >= 0.3 is 0 Å². The van der Waals surface area contributed by atoms with Crippen LogP contribution in [0.4, 0.5) is 0 Å². The molecule has 0 saturated heterocycles. The van der Waals surface area contributed by atoms with Crippen LogP contribution in [0.3, 0.4) is 0 Å². The van der Waals surface area contributed by atoms with Crippen LogP contribution in [0.2, 0.25) is 0 Å². The highest BCUT2D eigenvalue weighted by molar-refractivity contribution is 5.75. The zero-order chi connectivity index (χ0) is 12.9. The molecule has 1 unspecified atom stereocenters. The zero-order valence-electron chi connectivity index (χ0n) is 11.6. The van der Waals surface area contributed by atoms with Crippen molar-refractivity contribution in [2.24, 2.45) is 17.1 Å². The van der Waals surface area contributed by atoms with Gasteiger partial charge in [-0.25, -0.2) is 0 Å². The normalized spacial score (nSPS) is 19.8. The molecule has 0 aliphatic heterocycles. The lowest BCUT2D eigenvalue weighted by Gasteiger charge is -2.43. The molecule has 0 heterocycles. The Morgan fingerprint density at radius 1 is 1.35 bits per heavy atom. The van der Waals surface area contributed by atoms with Gasteiger partial charge in [0.25, 0.3) is 0 Å². The number of carbonyl (C=O) groups is 1. The maximum absolute atomic E-state index is 11.7. The van der Waals surface area contributed by atoms with Gasteiger partial charge in [0.15, 0.2) is 0 Å². The van der Waals surface area contributed by atoms with E-state index in [2.05, 4.69) is 19.2 Å². The van der Waals surface area contributed by atoms with Gasteiger partial charge in [0.05, 0.1) is 0 Å². The van der Waals surface area contributed by atoms with Crippen LogP contribution < -0.4 is 11.1 Å². The van der Waals surface area contributed by atoms with E-state index < -0.39 is 0 Å². The topological polar surface area (TPSA) is 55.1 Å². The summed E-state index contributed by atoms with van der Waals surface area (Å²) >= 11 is 0. The Morgan fingerprint density at radius 3 is 2.41 bits per heavy atom. The molecule has 1 fully saturated rings. The van der Waals surface area contributed by atoms with E-state index in [0.717, 1.165) is 18.9 Å². The van der Waals surface area contributed by atoms with Gasteiger partial charge in [0.1, 0.15) is 0 Å². The molecule has 3 nitrogen and oxygen atoms in total. The van der Waals surface area contributed by atoms with Crippen LogP contribution in [0.25, 0.3) is 0 Å². The molecule has 1 rings (SSSR count). The van der Waals surface area contributed by atoms with E-state index >= 15 is 0 Å². The summed E-state index contributed by atoms with van der Waals surface area (Å²) in [5.74, 6) is 0.883. The lowest BCUT2D eigenvalue weighted by atomic mass is 9.64. The SMILES string of the molecule is CC(C)CC1(CNC(=O)CCC(C)N)CCC1. The summed E-state index contributed by atoms with van der Waals surface area (Å²) in [5.41, 5.74) is 6.05. The predicted molar refractivity (Wildman–Crippen MR) is 71.6 cm³/mol. The van der Waals surface area contributed by atoms with Gasteiger partial charge in [-0.05, 0) is 43.9 Å². The van der Waals surface area contributed by atoms with Crippen molar-refractivity contribution in [2.45, 2.75) is 65.3 Å². The molecule has 17 heavy (non-hydrogen) atoms. The number of amides is 1. The predicted octanol–water partition coefficient (Wildman–Crippen LogP) is 2.45. The molecule has 3 heteroatoms. The number of nitrogens with two attached hydrogens (primary N) is 1. The number of hydrogen-bond acceptors (Lipinski definition) is 2. The molecular formula is C14H28N2O. The van der Waals surface area contributed by atoms with Crippen molar-refractivity contribution in [1.29, 1.82) is 0 Å². The standard InChI is InChI=1S/C14H28N2O/c1-11(2)9-14(7-4-8-14)10-16-13(17)6-5-12(3)15/h11-12H,4-10,15H2,1-3H3,(H,16,17). The molecule has 0 aromatic carbocycles. The first-order chi connectivity index (χ1) is 7.93. The number of carbonyl (C=O) groups excluding carboxylic acids is 1. The molecule has 100 valence electrons. The molecule has 1 aliphatic rings. The number of nitrogens with one attached hydrogen (secondary N) is 1. The van der Waals surface area contributed by atoms with Gasteiger partial charge in [-0.3, -0.25) is 4.79 Å². The fraction of sp³-hybridized carbons (Fsp3) is 0.929. The summed E-state index contributed by atoms with van der Waals surface area (Å²) in [4.78, 5) is 11.7. The third kappa shape index (κ3) is 5.07. The second kappa shape index (κ2) is 6.39. The maximum atomic E-state index is 11.7. The lowest BCUT2D eigenvalue weighted by molar-refractivity contribution is -0.122. The Bertz CT molecular complexity index is 245. The summed E-state index contributed by atoms with van der Waals surface area (Å²) in [6, 6.07) is 0.120. The van der Waals surface area contributed by atoms with Crippen LogP contribution >= 0.6 is 0 Å². The van der Waals surface area contributed by atoms with E-state index in [1.807, 2.05) is 6.92 Å². The Morgan fingerprint density at radius 2 is 2.00 bits per heavy atom. The second-order valence-electron chi connectivity index (χ2n) is 6.24. The van der Waals surface area contributed by atoms with Gasteiger partial charge in [0, 0.05) is 19.0 Å². The monoisotopic (exact) mass is 240 g/mol. The molecule has 0 aromatic rings. The first-order valence-electron chi connectivity index (χ1n) is 6.96. The maximum Gasteiger partial charge on any atom is 0.220 e. The van der Waals surface area contributed by atoms with Crippen LogP contribution in [-0.2, 0) is 4.79 Å². The minimum absolute atomic E-state index is 0.120. The fourth-order valence-corrected chi connectivity index (χ4v) is 2.73. The summed E-state index contributed by atoms with van der Waals surface area (Å²) in [7, 11) is 0. The first-order valence-corrected chi connectivity index (χ1v) is 6.96. The first kappa shape index (κ1) is 14.5. The van der Waals surface area contributed by atoms with Crippen molar-refractivity contribution in [2.75, 3.05) is 6.54 Å². The number of hydrogen-bond donors (Lipinski definition) is 2. The highest BCUT2D eigenvalue weighted by atomic mass is 16.1. The van der Waals surface area contributed by atoms with E-state index in [1.54, 1.807) is 0 Å². The van der Waals surface area contributed by atoms with E-state index in [0.29, 0.717) is 11.8 Å². The molecule has 0 bridgehead atoms. The van der Waals surface area contributed by atoms with Crippen LogP contribution in [0, 0.1) is 11.3 Å². The minimum Gasteiger partial charge on any atom is -0.356 e. The highest BCUT2D eigenvalue weighted by Gasteiger charge is 2.37. The van der Waals surface area contributed by atoms with Crippen LogP contribution in [0.1, 0.15) is 59.3 Å². The molecule has 0 radical (unpaired) electrons. The molecule has 1 aliphatic carbocycles. The van der Waals surface area contributed by atoms with Crippen LogP contribution in [-0.4, -0.2) is 18.5 Å². The highest BCUT2D eigenvalue weighted by Crippen LogP contribution is 2.45. The van der Waals surface area contributed by atoms with Crippen molar-refractivity contribution in [3.05, 3.63) is 0 Å². The van der Waals surface area contributed by atoms with Crippen LogP contribution in [0.5, 0.6) is 0 Å². The zero-order valence-corrected chi connectivity index (χ0v) is 11.6. The van der Waals surface area contributed by atoms with Gasteiger partial charge in [0.2, 0.25) is 5.91 Å². The lowest BCUT2D eigenvalue weighted by Crippen LogP contribution is -2.43. The van der Waals surface area contributed by atoms with E-state index in [9.17, 15) is 4.79 Å². The molecule has 1 atom stereocenters. The fourth-order valence-electron chi connectivity index (χ4n) is 2.73. The Balaban J connectivity index is 2.25. The van der Waals surface area contributed by atoms with Crippen molar-refractivity contribution >= 4 is 5.91 Å². The Hall–Kier alpha value is -0.570. The van der Waals surface area contributed by atoms with Crippen molar-refractivity contribution in [3.8, 4) is 0 Å². The van der Waals surface area contributed by atoms with Crippen molar-refractivity contribution in [1.82, 2.24) is 5.32 Å². The molecule has 0 aromatic heterocycles. The molecular weight excluding hydrogens is 212 g/mol. The van der Waals surface area contributed by atoms with Crippen molar-refractivity contribution < 1.29 is 4.79 Å². The van der Waals surface area contributed by atoms with Gasteiger partial charge in [-0.15, -0.1) is 0 Å². The van der Waals surface area contributed by atoms with E-state index in [-0.39, 0.29) is 11.9 Å². The molecule has 0 spiro atoms. The molecule has 1 saturated carbocycles. The number of rotatable bonds is 7. The smallest absolute Gasteiger partial charge is 0.220 e. The average Bonchev–Trinajstić information content (AvgIpc) is 2.18. The average molecular weight is 240 g/mol. The minimum atomic E-state index is 0.120. The van der Waals surface area contributed by atoms with Gasteiger partial charge in [-0.2, -0.15) is 0 Å². The summed E-state index contributed by atoms with van der Waals surface area (Å²) < 4.78 is 0. The van der Waals surface area contributed by atoms with E-state index in [1.165, 1.54) is 25.7 Å². The summed E-state index contributed by atoms with van der Waals surface area (Å²) in [5, 5.41) is 3.09. The summed E-state index contributed by atoms with van der Waals surface area (Å²) in [6.07, 6.45) is 6.46.